The third-order valence-electron chi connectivity index (χ3n) is 2.87. The van der Waals surface area contributed by atoms with Crippen molar-refractivity contribution in [1.29, 1.82) is 0 Å². The average molecular weight is 280 g/mol. The second-order valence-electron chi connectivity index (χ2n) is 4.25. The van der Waals surface area contributed by atoms with Crippen LogP contribution in [0.5, 0.6) is 5.75 Å². The Morgan fingerprint density at radius 2 is 2.00 bits per heavy atom. The summed E-state index contributed by atoms with van der Waals surface area (Å²) in [5.41, 5.74) is 7.33. The summed E-state index contributed by atoms with van der Waals surface area (Å²) >= 11 is 6.03. The summed E-state index contributed by atoms with van der Waals surface area (Å²) in [5.74, 6) is 0.296. The van der Waals surface area contributed by atoms with Crippen LogP contribution < -0.4 is 10.5 Å². The molecule has 2 nitrogen and oxygen atoms in total. The van der Waals surface area contributed by atoms with Gasteiger partial charge in [0.05, 0.1) is 5.69 Å². The van der Waals surface area contributed by atoms with Gasteiger partial charge in [-0.15, -0.1) is 0 Å². The number of anilines is 1. The summed E-state index contributed by atoms with van der Waals surface area (Å²) in [7, 11) is 0. The molecule has 0 aliphatic rings. The highest BCUT2D eigenvalue weighted by Crippen LogP contribution is 2.23. The summed E-state index contributed by atoms with van der Waals surface area (Å²) in [6.45, 7) is 2.32. The van der Waals surface area contributed by atoms with Crippen LogP contribution in [-0.4, -0.2) is 0 Å². The molecule has 100 valence electrons. The zero-order chi connectivity index (χ0) is 13.8. The Morgan fingerprint density at radius 1 is 1.21 bits per heavy atom. The molecule has 4 heteroatoms. The lowest BCUT2D eigenvalue weighted by molar-refractivity contribution is 0.305. The van der Waals surface area contributed by atoms with Gasteiger partial charge in [-0.05, 0) is 47.9 Å². The van der Waals surface area contributed by atoms with Crippen LogP contribution in [0.1, 0.15) is 18.1 Å². The number of aryl methyl sites for hydroxylation is 1. The van der Waals surface area contributed by atoms with Gasteiger partial charge in [0, 0.05) is 5.02 Å². The van der Waals surface area contributed by atoms with Gasteiger partial charge in [-0.1, -0.05) is 24.6 Å². The summed E-state index contributed by atoms with van der Waals surface area (Å²) in [4.78, 5) is 0. The van der Waals surface area contributed by atoms with Crippen LogP contribution in [0, 0.1) is 5.82 Å². The summed E-state index contributed by atoms with van der Waals surface area (Å²) in [6.07, 6.45) is 0.840. The zero-order valence-corrected chi connectivity index (χ0v) is 11.4. The van der Waals surface area contributed by atoms with Crippen LogP contribution >= 0.6 is 11.6 Å². The third-order valence-corrected chi connectivity index (χ3v) is 3.24. The molecular formula is C15H15ClFNO. The van der Waals surface area contributed by atoms with Crippen LogP contribution in [0.15, 0.2) is 36.4 Å². The quantitative estimate of drug-likeness (QED) is 0.851. The highest BCUT2D eigenvalue weighted by molar-refractivity contribution is 6.31. The SMILES string of the molecule is CCc1cc(OCc2ccc(N)c(F)c2)ccc1Cl. The van der Waals surface area contributed by atoms with Crippen molar-refractivity contribution in [3.05, 3.63) is 58.4 Å². The number of ether oxygens (including phenoxy) is 1. The topological polar surface area (TPSA) is 35.2 Å². The minimum atomic E-state index is -0.425. The van der Waals surface area contributed by atoms with Crippen LogP contribution in [0.4, 0.5) is 10.1 Å². The highest BCUT2D eigenvalue weighted by atomic mass is 35.5. The molecule has 0 atom stereocenters. The molecule has 0 fully saturated rings. The first-order valence-corrected chi connectivity index (χ1v) is 6.43. The molecule has 0 heterocycles. The molecule has 0 bridgehead atoms. The van der Waals surface area contributed by atoms with E-state index in [9.17, 15) is 4.39 Å². The number of rotatable bonds is 4. The minimum absolute atomic E-state index is 0.142. The lowest BCUT2D eigenvalue weighted by Crippen LogP contribution is -1.98. The molecule has 2 aromatic rings. The second-order valence-corrected chi connectivity index (χ2v) is 4.66. The van der Waals surface area contributed by atoms with Crippen LogP contribution in [0.2, 0.25) is 5.02 Å². The standard InChI is InChI=1S/C15H15ClFNO/c1-2-11-8-12(4-5-13(11)16)19-9-10-3-6-15(18)14(17)7-10/h3-8H,2,9,18H2,1H3. The number of hydrogen-bond donors (Lipinski definition) is 1. The molecule has 0 radical (unpaired) electrons. The first-order valence-electron chi connectivity index (χ1n) is 6.05. The van der Waals surface area contributed by atoms with Crippen molar-refractivity contribution >= 4 is 17.3 Å². The van der Waals surface area contributed by atoms with Crippen molar-refractivity contribution < 1.29 is 9.13 Å². The lowest BCUT2D eigenvalue weighted by atomic mass is 10.1. The number of benzene rings is 2. The van der Waals surface area contributed by atoms with Crippen molar-refractivity contribution in [2.45, 2.75) is 20.0 Å². The van der Waals surface area contributed by atoms with Crippen LogP contribution in [0.25, 0.3) is 0 Å². The van der Waals surface area contributed by atoms with Crippen molar-refractivity contribution in [3.63, 3.8) is 0 Å². The first kappa shape index (κ1) is 13.7. The van der Waals surface area contributed by atoms with Crippen LogP contribution in [-0.2, 0) is 13.0 Å². The summed E-state index contributed by atoms with van der Waals surface area (Å²) in [5, 5.41) is 0.730. The van der Waals surface area contributed by atoms with E-state index < -0.39 is 5.82 Å². The van der Waals surface area contributed by atoms with E-state index in [4.69, 9.17) is 22.1 Å². The Bertz CT molecular complexity index is 586. The van der Waals surface area contributed by atoms with E-state index in [0.717, 1.165) is 28.3 Å². The predicted molar refractivity (Wildman–Crippen MR) is 76.0 cm³/mol. The van der Waals surface area contributed by atoms with Gasteiger partial charge in [-0.2, -0.15) is 0 Å². The molecule has 0 saturated heterocycles. The van der Waals surface area contributed by atoms with Gasteiger partial charge in [0.2, 0.25) is 0 Å². The van der Waals surface area contributed by atoms with E-state index in [1.54, 1.807) is 18.2 Å². The molecule has 2 rings (SSSR count). The first-order chi connectivity index (χ1) is 9.10. The van der Waals surface area contributed by atoms with Gasteiger partial charge < -0.3 is 10.5 Å². The van der Waals surface area contributed by atoms with Gasteiger partial charge in [0.1, 0.15) is 18.2 Å². The molecule has 0 saturated carbocycles. The summed E-state index contributed by atoms with van der Waals surface area (Å²) < 4.78 is 18.9. The van der Waals surface area contributed by atoms with Gasteiger partial charge in [-0.3, -0.25) is 0 Å². The smallest absolute Gasteiger partial charge is 0.146 e. The maximum Gasteiger partial charge on any atom is 0.146 e. The summed E-state index contributed by atoms with van der Waals surface area (Å²) in [6, 6.07) is 10.2. The van der Waals surface area contributed by atoms with Crippen molar-refractivity contribution in [2.75, 3.05) is 5.73 Å². The molecule has 0 spiro atoms. The van der Waals surface area contributed by atoms with Gasteiger partial charge in [-0.25, -0.2) is 4.39 Å². The fraction of sp³-hybridized carbons (Fsp3) is 0.200. The molecular weight excluding hydrogens is 265 g/mol. The molecule has 0 aliphatic heterocycles. The Balaban J connectivity index is 2.07. The highest BCUT2D eigenvalue weighted by Gasteiger charge is 2.03. The number of nitrogens with two attached hydrogens (primary N) is 1. The fourth-order valence-corrected chi connectivity index (χ4v) is 1.99. The van der Waals surface area contributed by atoms with Gasteiger partial charge >= 0.3 is 0 Å². The monoisotopic (exact) mass is 279 g/mol. The maximum absolute atomic E-state index is 13.3. The number of nitrogen functional groups attached to an aromatic ring is 1. The molecule has 0 amide bonds. The Morgan fingerprint density at radius 3 is 2.68 bits per heavy atom. The molecule has 19 heavy (non-hydrogen) atoms. The van der Waals surface area contributed by atoms with E-state index in [-0.39, 0.29) is 5.69 Å². The normalized spacial score (nSPS) is 10.5. The molecule has 0 unspecified atom stereocenters. The zero-order valence-electron chi connectivity index (χ0n) is 10.6. The molecule has 0 aliphatic carbocycles. The molecule has 0 aromatic heterocycles. The van der Waals surface area contributed by atoms with Crippen molar-refractivity contribution in [2.24, 2.45) is 0 Å². The van der Waals surface area contributed by atoms with Crippen molar-refractivity contribution in [1.82, 2.24) is 0 Å². The average Bonchev–Trinajstić information content (AvgIpc) is 2.41. The Labute approximate surface area is 117 Å². The number of halogens is 2. The Kier molecular flexibility index (Phi) is 4.27. The van der Waals surface area contributed by atoms with Gasteiger partial charge in [0.25, 0.3) is 0 Å². The van der Waals surface area contributed by atoms with Crippen molar-refractivity contribution in [3.8, 4) is 5.75 Å². The van der Waals surface area contributed by atoms with E-state index in [0.29, 0.717) is 6.61 Å². The predicted octanol–water partition coefficient (Wildman–Crippen LogP) is 4.20. The largest absolute Gasteiger partial charge is 0.489 e. The van der Waals surface area contributed by atoms with E-state index in [1.165, 1.54) is 12.1 Å². The van der Waals surface area contributed by atoms with Gasteiger partial charge in [0.15, 0.2) is 0 Å². The molecule has 2 N–H and O–H groups in total. The number of hydrogen-bond acceptors (Lipinski definition) is 2. The van der Waals surface area contributed by atoms with Crippen LogP contribution in [0.3, 0.4) is 0 Å². The molecule has 2 aromatic carbocycles. The van der Waals surface area contributed by atoms with E-state index >= 15 is 0 Å². The van der Waals surface area contributed by atoms with E-state index in [2.05, 4.69) is 0 Å². The minimum Gasteiger partial charge on any atom is -0.489 e. The lowest BCUT2D eigenvalue weighted by Gasteiger charge is -2.09. The van der Waals surface area contributed by atoms with E-state index in [1.807, 2.05) is 13.0 Å². The maximum atomic E-state index is 13.3. The third kappa shape index (κ3) is 3.38. The fourth-order valence-electron chi connectivity index (χ4n) is 1.74. The Hall–Kier alpha value is -1.74. The second kappa shape index (κ2) is 5.93.